The molecule has 1 fully saturated rings. The van der Waals surface area contributed by atoms with Crippen LogP contribution in [-0.2, 0) is 14.5 Å². The second kappa shape index (κ2) is 6.93. The van der Waals surface area contributed by atoms with Crippen LogP contribution >= 0.6 is 0 Å². The minimum absolute atomic E-state index is 0.289. The van der Waals surface area contributed by atoms with Gasteiger partial charge in [0.15, 0.2) is 5.60 Å². The Bertz CT molecular complexity index is 354. The molecule has 1 saturated carbocycles. The molecule has 0 aromatic rings. The number of hydrogen-bond acceptors (Lipinski definition) is 3. The SMILES string of the molecule is CCC(C)(C)OOC(C)(C)C#CC1(OC)CCCCC1. The quantitative estimate of drug-likeness (QED) is 0.428. The molecule has 3 heteroatoms. The highest BCUT2D eigenvalue weighted by molar-refractivity contribution is 5.21. The Kier molecular flexibility index (Phi) is 6.06. The number of rotatable bonds is 5. The van der Waals surface area contributed by atoms with Crippen LogP contribution in [0.25, 0.3) is 0 Å². The standard InChI is InChI=1S/C17H30O3/c1-7-15(2,3)19-20-16(4,5)13-14-17(18-6)11-9-8-10-12-17/h7-12H2,1-6H3. The molecule has 0 saturated heterocycles. The van der Waals surface area contributed by atoms with Crippen molar-refractivity contribution in [2.75, 3.05) is 7.11 Å². The molecule has 0 radical (unpaired) electrons. The second-order valence-corrected chi connectivity index (χ2v) is 6.80. The van der Waals surface area contributed by atoms with Crippen molar-refractivity contribution in [3.05, 3.63) is 0 Å². The van der Waals surface area contributed by atoms with E-state index < -0.39 is 5.60 Å². The predicted octanol–water partition coefficient (Wildman–Crippen LogP) is 4.25. The van der Waals surface area contributed by atoms with Gasteiger partial charge in [0.1, 0.15) is 5.60 Å². The minimum Gasteiger partial charge on any atom is -0.366 e. The Morgan fingerprint density at radius 1 is 1.00 bits per heavy atom. The normalized spacial score (nSPS) is 19.3. The topological polar surface area (TPSA) is 27.7 Å². The highest BCUT2D eigenvalue weighted by atomic mass is 17.2. The molecule has 0 bridgehead atoms. The van der Waals surface area contributed by atoms with Crippen molar-refractivity contribution < 1.29 is 14.5 Å². The lowest BCUT2D eigenvalue weighted by atomic mass is 9.84. The van der Waals surface area contributed by atoms with Crippen LogP contribution in [0.1, 0.15) is 73.1 Å². The van der Waals surface area contributed by atoms with Crippen LogP contribution in [0.3, 0.4) is 0 Å². The maximum Gasteiger partial charge on any atom is 0.158 e. The van der Waals surface area contributed by atoms with Crippen molar-refractivity contribution in [3.63, 3.8) is 0 Å². The summed E-state index contributed by atoms with van der Waals surface area (Å²) in [5.41, 5.74) is -1.21. The first-order chi connectivity index (χ1) is 9.24. The lowest BCUT2D eigenvalue weighted by Gasteiger charge is -2.32. The lowest BCUT2D eigenvalue weighted by Crippen LogP contribution is -2.34. The molecule has 20 heavy (non-hydrogen) atoms. The summed E-state index contributed by atoms with van der Waals surface area (Å²) in [4.78, 5) is 11.0. The monoisotopic (exact) mass is 282 g/mol. The van der Waals surface area contributed by atoms with E-state index in [0.29, 0.717) is 0 Å². The van der Waals surface area contributed by atoms with Crippen molar-refractivity contribution in [3.8, 4) is 11.8 Å². The molecule has 116 valence electrons. The van der Waals surface area contributed by atoms with E-state index in [0.717, 1.165) is 19.3 Å². The molecule has 0 heterocycles. The van der Waals surface area contributed by atoms with Crippen molar-refractivity contribution in [2.45, 2.75) is 89.9 Å². The van der Waals surface area contributed by atoms with Gasteiger partial charge in [0, 0.05) is 7.11 Å². The zero-order chi connectivity index (χ0) is 15.3. The summed E-state index contributed by atoms with van der Waals surface area (Å²) in [6.45, 7) is 9.95. The van der Waals surface area contributed by atoms with Gasteiger partial charge in [-0.2, -0.15) is 0 Å². The highest BCUT2D eigenvalue weighted by Gasteiger charge is 2.31. The fraction of sp³-hybridized carbons (Fsp3) is 0.882. The van der Waals surface area contributed by atoms with E-state index in [1.807, 2.05) is 27.7 Å². The first-order valence-corrected chi connectivity index (χ1v) is 7.71. The molecule has 1 rings (SSSR count). The van der Waals surface area contributed by atoms with Crippen LogP contribution in [0.4, 0.5) is 0 Å². The molecular weight excluding hydrogens is 252 g/mol. The van der Waals surface area contributed by atoms with Crippen molar-refractivity contribution >= 4 is 0 Å². The fourth-order valence-electron chi connectivity index (χ4n) is 2.06. The molecule has 0 unspecified atom stereocenters. The summed E-state index contributed by atoms with van der Waals surface area (Å²) in [5.74, 6) is 6.50. The summed E-state index contributed by atoms with van der Waals surface area (Å²) in [6.07, 6.45) is 6.55. The third-order valence-corrected chi connectivity index (χ3v) is 3.97. The molecule has 0 amide bonds. The van der Waals surface area contributed by atoms with Crippen molar-refractivity contribution in [2.24, 2.45) is 0 Å². The van der Waals surface area contributed by atoms with Gasteiger partial charge in [-0.1, -0.05) is 25.2 Å². The molecule has 1 aliphatic carbocycles. The Labute approximate surface area is 124 Å². The van der Waals surface area contributed by atoms with Crippen LogP contribution < -0.4 is 0 Å². The third-order valence-electron chi connectivity index (χ3n) is 3.97. The molecule has 0 atom stereocenters. The van der Waals surface area contributed by atoms with Gasteiger partial charge in [-0.05, 0) is 59.8 Å². The van der Waals surface area contributed by atoms with Gasteiger partial charge in [0.2, 0.25) is 0 Å². The summed E-state index contributed by atoms with van der Waals surface area (Å²) in [7, 11) is 1.75. The maximum atomic E-state index is 5.67. The Hall–Kier alpha value is -0.560. The Morgan fingerprint density at radius 2 is 1.60 bits per heavy atom. The largest absolute Gasteiger partial charge is 0.366 e. The van der Waals surface area contributed by atoms with Crippen LogP contribution in [0.15, 0.2) is 0 Å². The van der Waals surface area contributed by atoms with Crippen LogP contribution in [0.2, 0.25) is 0 Å². The predicted molar refractivity (Wildman–Crippen MR) is 81.2 cm³/mol. The molecule has 0 aliphatic heterocycles. The van der Waals surface area contributed by atoms with Crippen LogP contribution in [0, 0.1) is 11.8 Å². The summed E-state index contributed by atoms with van der Waals surface area (Å²) in [5, 5.41) is 0. The van der Waals surface area contributed by atoms with E-state index in [1.165, 1.54) is 19.3 Å². The Balaban J connectivity index is 2.67. The van der Waals surface area contributed by atoms with E-state index >= 15 is 0 Å². The average molecular weight is 282 g/mol. The van der Waals surface area contributed by atoms with Gasteiger partial charge in [-0.25, -0.2) is 9.78 Å². The molecule has 3 nitrogen and oxygen atoms in total. The third kappa shape index (κ3) is 5.44. The molecule has 0 aromatic carbocycles. The molecule has 0 N–H and O–H groups in total. The van der Waals surface area contributed by atoms with Crippen LogP contribution in [-0.4, -0.2) is 23.9 Å². The highest BCUT2D eigenvalue weighted by Crippen LogP contribution is 2.31. The zero-order valence-corrected chi connectivity index (χ0v) is 14.0. The van der Waals surface area contributed by atoms with Crippen LogP contribution in [0.5, 0.6) is 0 Å². The number of ether oxygens (including phenoxy) is 1. The van der Waals surface area contributed by atoms with Crippen molar-refractivity contribution in [1.82, 2.24) is 0 Å². The van der Waals surface area contributed by atoms with Crippen molar-refractivity contribution in [1.29, 1.82) is 0 Å². The summed E-state index contributed by atoms with van der Waals surface area (Å²) in [6, 6.07) is 0. The van der Waals surface area contributed by atoms with Gasteiger partial charge in [-0.3, -0.25) is 0 Å². The van der Waals surface area contributed by atoms with Gasteiger partial charge >= 0.3 is 0 Å². The smallest absolute Gasteiger partial charge is 0.158 e. The number of hydrogen-bond donors (Lipinski definition) is 0. The summed E-state index contributed by atoms with van der Waals surface area (Å²) >= 11 is 0. The van der Waals surface area contributed by atoms with E-state index in [9.17, 15) is 0 Å². The molecule has 0 spiro atoms. The minimum atomic E-state index is -0.630. The average Bonchev–Trinajstić information content (AvgIpc) is 2.45. The van der Waals surface area contributed by atoms with E-state index in [2.05, 4.69) is 18.8 Å². The first kappa shape index (κ1) is 17.5. The molecule has 0 aromatic heterocycles. The second-order valence-electron chi connectivity index (χ2n) is 6.80. The van der Waals surface area contributed by atoms with E-state index in [4.69, 9.17) is 14.5 Å². The van der Waals surface area contributed by atoms with Gasteiger partial charge in [0.25, 0.3) is 0 Å². The first-order valence-electron chi connectivity index (χ1n) is 7.71. The number of methoxy groups -OCH3 is 1. The van der Waals surface area contributed by atoms with Gasteiger partial charge in [0.05, 0.1) is 5.60 Å². The lowest BCUT2D eigenvalue weighted by molar-refractivity contribution is -0.388. The molecule has 1 aliphatic rings. The maximum absolute atomic E-state index is 5.67. The zero-order valence-electron chi connectivity index (χ0n) is 14.0. The fourth-order valence-corrected chi connectivity index (χ4v) is 2.06. The Morgan fingerprint density at radius 3 is 2.10 bits per heavy atom. The summed E-state index contributed by atoms with van der Waals surface area (Å²) < 4.78 is 5.67. The van der Waals surface area contributed by atoms with Gasteiger partial charge < -0.3 is 4.74 Å². The van der Waals surface area contributed by atoms with E-state index in [1.54, 1.807) is 7.11 Å². The molecular formula is C17H30O3. The van der Waals surface area contributed by atoms with Gasteiger partial charge in [-0.15, -0.1) is 0 Å². The van der Waals surface area contributed by atoms with E-state index in [-0.39, 0.29) is 11.2 Å².